The molecule has 8 heteroatoms. The number of hydrogen-bond donors (Lipinski definition) is 2. The minimum atomic E-state index is -1.07. The molecule has 3 atom stereocenters. The molecule has 1 aromatic carbocycles. The minimum absolute atomic E-state index is 0.142. The number of carbonyl (C=O) groups excluding carboxylic acids is 3. The van der Waals surface area contributed by atoms with Crippen molar-refractivity contribution < 1.29 is 23.9 Å². The molecule has 1 aromatic rings. The van der Waals surface area contributed by atoms with E-state index in [0.717, 1.165) is 38.0 Å². The highest BCUT2D eigenvalue weighted by molar-refractivity contribution is 5.98. The second-order valence-electron chi connectivity index (χ2n) is 7.93. The number of benzene rings is 1. The van der Waals surface area contributed by atoms with Crippen LogP contribution in [0.1, 0.15) is 49.5 Å². The number of rotatable bonds is 6. The first kappa shape index (κ1) is 21.3. The zero-order valence-electron chi connectivity index (χ0n) is 17.1. The molecule has 1 saturated carbocycles. The predicted molar refractivity (Wildman–Crippen MR) is 106 cm³/mol. The number of carbonyl (C=O) groups is 3. The summed E-state index contributed by atoms with van der Waals surface area (Å²) in [6, 6.07) is 6.73. The number of amides is 3. The molecular weight excluding hydrogens is 374 g/mol. The lowest BCUT2D eigenvalue weighted by Crippen LogP contribution is -2.45. The number of morpholine rings is 1. The third kappa shape index (κ3) is 6.54. The van der Waals surface area contributed by atoms with Crippen LogP contribution in [0.25, 0.3) is 0 Å². The summed E-state index contributed by atoms with van der Waals surface area (Å²) in [5, 5.41) is 4.83. The van der Waals surface area contributed by atoms with Gasteiger partial charge in [-0.15, -0.1) is 0 Å². The van der Waals surface area contributed by atoms with Crippen LogP contribution in [-0.2, 0) is 20.8 Å². The fraction of sp³-hybridized carbons (Fsp3) is 0.571. The Kier molecular flexibility index (Phi) is 6.87. The number of nitrogens with one attached hydrogen (secondary N) is 2. The summed E-state index contributed by atoms with van der Waals surface area (Å²) in [7, 11) is 0. The Hall–Kier alpha value is -2.45. The molecule has 29 heavy (non-hydrogen) atoms. The first-order valence-corrected chi connectivity index (χ1v) is 10.1. The van der Waals surface area contributed by atoms with Crippen LogP contribution in [0.2, 0.25) is 0 Å². The van der Waals surface area contributed by atoms with Gasteiger partial charge in [0.05, 0.1) is 17.8 Å². The van der Waals surface area contributed by atoms with Crippen LogP contribution in [0.15, 0.2) is 24.3 Å². The fourth-order valence-electron chi connectivity index (χ4n) is 3.36. The first-order valence-electron chi connectivity index (χ1n) is 10.1. The van der Waals surface area contributed by atoms with E-state index in [1.54, 1.807) is 12.1 Å². The Balaban J connectivity index is 1.47. The monoisotopic (exact) mass is 403 g/mol. The Morgan fingerprint density at radius 2 is 1.76 bits per heavy atom. The number of esters is 1. The Morgan fingerprint density at radius 3 is 2.34 bits per heavy atom. The third-order valence-corrected chi connectivity index (χ3v) is 4.89. The smallest absolute Gasteiger partial charge is 0.338 e. The van der Waals surface area contributed by atoms with Crippen LogP contribution < -0.4 is 10.6 Å². The van der Waals surface area contributed by atoms with E-state index in [2.05, 4.69) is 29.4 Å². The minimum Gasteiger partial charge on any atom is -0.449 e. The van der Waals surface area contributed by atoms with E-state index in [1.807, 2.05) is 12.1 Å². The highest BCUT2D eigenvalue weighted by Crippen LogP contribution is 2.18. The summed E-state index contributed by atoms with van der Waals surface area (Å²) in [6.45, 7) is 8.09. The van der Waals surface area contributed by atoms with Crippen molar-refractivity contribution in [3.8, 4) is 0 Å². The van der Waals surface area contributed by atoms with Crippen molar-refractivity contribution in [2.24, 2.45) is 0 Å². The molecule has 0 aromatic heterocycles. The van der Waals surface area contributed by atoms with E-state index in [9.17, 15) is 14.4 Å². The Morgan fingerprint density at radius 1 is 1.14 bits per heavy atom. The molecule has 2 fully saturated rings. The van der Waals surface area contributed by atoms with Crippen LogP contribution in [0.5, 0.6) is 0 Å². The lowest BCUT2D eigenvalue weighted by molar-refractivity contribution is -0.127. The first-order chi connectivity index (χ1) is 13.8. The Labute approximate surface area is 170 Å². The molecule has 158 valence electrons. The molecule has 3 rings (SSSR count). The van der Waals surface area contributed by atoms with Crippen molar-refractivity contribution in [3.63, 3.8) is 0 Å². The van der Waals surface area contributed by atoms with Gasteiger partial charge >= 0.3 is 12.0 Å². The number of ether oxygens (including phenoxy) is 2. The van der Waals surface area contributed by atoms with Crippen molar-refractivity contribution in [2.75, 3.05) is 13.1 Å². The van der Waals surface area contributed by atoms with Crippen LogP contribution in [0.4, 0.5) is 4.79 Å². The van der Waals surface area contributed by atoms with Gasteiger partial charge in [-0.3, -0.25) is 15.0 Å². The van der Waals surface area contributed by atoms with Crippen LogP contribution in [-0.4, -0.2) is 60.3 Å². The molecule has 3 unspecified atom stereocenters. The predicted octanol–water partition coefficient (Wildman–Crippen LogP) is 1.83. The molecule has 1 saturated heterocycles. The molecule has 1 aliphatic heterocycles. The number of nitrogens with zero attached hydrogens (tertiary/aromatic N) is 1. The molecule has 8 nitrogen and oxygen atoms in total. The second kappa shape index (κ2) is 9.37. The molecule has 3 amide bonds. The van der Waals surface area contributed by atoms with E-state index in [1.165, 1.54) is 6.92 Å². The summed E-state index contributed by atoms with van der Waals surface area (Å²) >= 11 is 0. The number of hydrogen-bond acceptors (Lipinski definition) is 6. The van der Waals surface area contributed by atoms with E-state index >= 15 is 0 Å². The van der Waals surface area contributed by atoms with E-state index in [0.29, 0.717) is 5.56 Å². The van der Waals surface area contributed by atoms with Gasteiger partial charge < -0.3 is 14.8 Å². The van der Waals surface area contributed by atoms with Gasteiger partial charge in [0.2, 0.25) is 0 Å². The van der Waals surface area contributed by atoms with Gasteiger partial charge in [-0.1, -0.05) is 12.1 Å². The van der Waals surface area contributed by atoms with Crippen LogP contribution in [0.3, 0.4) is 0 Å². The van der Waals surface area contributed by atoms with Gasteiger partial charge in [0.1, 0.15) is 0 Å². The topological polar surface area (TPSA) is 97.0 Å². The molecule has 0 radical (unpaired) electrons. The SMILES string of the molecule is CC1CN(Cc2ccc(C(=O)OC(C)C(=O)NC(=O)NC3CC3)cc2)CC(C)O1. The third-order valence-electron chi connectivity index (χ3n) is 4.89. The van der Waals surface area contributed by atoms with Gasteiger partial charge in [0.25, 0.3) is 5.91 Å². The number of urea groups is 1. The average molecular weight is 403 g/mol. The standard InChI is InChI=1S/C21H29N3O5/c1-13-10-24(11-14(2)28-13)12-16-4-6-17(7-5-16)20(26)29-15(3)19(25)23-21(27)22-18-8-9-18/h4-7,13-15,18H,8-12H2,1-3H3,(H2,22,23,25,27). The lowest BCUT2D eigenvalue weighted by Gasteiger charge is -2.35. The summed E-state index contributed by atoms with van der Waals surface area (Å²) < 4.78 is 10.9. The molecule has 1 heterocycles. The highest BCUT2D eigenvalue weighted by Gasteiger charge is 2.26. The summed E-state index contributed by atoms with van der Waals surface area (Å²) in [4.78, 5) is 38.2. The van der Waals surface area contributed by atoms with E-state index in [4.69, 9.17) is 9.47 Å². The maximum atomic E-state index is 12.3. The van der Waals surface area contributed by atoms with Crippen molar-refractivity contribution in [1.82, 2.24) is 15.5 Å². The summed E-state index contributed by atoms with van der Waals surface area (Å²) in [5.74, 6) is -1.25. The van der Waals surface area contributed by atoms with Crippen LogP contribution >= 0.6 is 0 Å². The van der Waals surface area contributed by atoms with Gasteiger partial charge in [0.15, 0.2) is 6.10 Å². The Bertz CT molecular complexity index is 737. The van der Waals surface area contributed by atoms with Crippen molar-refractivity contribution in [1.29, 1.82) is 0 Å². The highest BCUT2D eigenvalue weighted by atomic mass is 16.5. The largest absolute Gasteiger partial charge is 0.449 e. The molecule has 0 bridgehead atoms. The quantitative estimate of drug-likeness (QED) is 0.704. The molecule has 2 N–H and O–H groups in total. The lowest BCUT2D eigenvalue weighted by atomic mass is 10.1. The van der Waals surface area contributed by atoms with Gasteiger partial charge in [-0.05, 0) is 51.3 Å². The van der Waals surface area contributed by atoms with E-state index in [-0.39, 0.29) is 18.2 Å². The van der Waals surface area contributed by atoms with Crippen molar-refractivity contribution in [2.45, 2.75) is 64.5 Å². The average Bonchev–Trinajstić information content (AvgIpc) is 3.45. The van der Waals surface area contributed by atoms with Crippen LogP contribution in [0, 0.1) is 0 Å². The van der Waals surface area contributed by atoms with Gasteiger partial charge in [0, 0.05) is 25.7 Å². The zero-order valence-corrected chi connectivity index (χ0v) is 17.1. The number of imide groups is 1. The zero-order chi connectivity index (χ0) is 21.0. The molecule has 0 spiro atoms. The van der Waals surface area contributed by atoms with Crippen molar-refractivity contribution >= 4 is 17.9 Å². The second-order valence-corrected chi connectivity index (χ2v) is 7.93. The fourth-order valence-corrected chi connectivity index (χ4v) is 3.36. The van der Waals surface area contributed by atoms with Crippen molar-refractivity contribution in [3.05, 3.63) is 35.4 Å². The summed E-state index contributed by atoms with van der Waals surface area (Å²) in [5.41, 5.74) is 1.45. The maximum absolute atomic E-state index is 12.3. The summed E-state index contributed by atoms with van der Waals surface area (Å²) in [6.07, 6.45) is 1.18. The normalized spacial score (nSPS) is 23.1. The van der Waals surface area contributed by atoms with Gasteiger partial charge in [-0.25, -0.2) is 9.59 Å². The van der Waals surface area contributed by atoms with Gasteiger partial charge in [-0.2, -0.15) is 0 Å². The maximum Gasteiger partial charge on any atom is 0.338 e. The van der Waals surface area contributed by atoms with E-state index < -0.39 is 24.0 Å². The molecule has 1 aliphatic carbocycles. The molecule has 2 aliphatic rings. The molecular formula is C21H29N3O5.